The number of likely N-dealkylation sites (tertiary alicyclic amines) is 1. The summed E-state index contributed by atoms with van der Waals surface area (Å²) in [6.07, 6.45) is 7.38. The van der Waals surface area contributed by atoms with Gasteiger partial charge in [-0.1, -0.05) is 42.7 Å². The first-order valence-corrected chi connectivity index (χ1v) is 8.82. The van der Waals surface area contributed by atoms with Gasteiger partial charge in [-0.3, -0.25) is 9.69 Å². The van der Waals surface area contributed by atoms with Crippen molar-refractivity contribution in [2.24, 2.45) is 5.92 Å². The highest BCUT2D eigenvalue weighted by molar-refractivity contribution is 5.80. The topological polar surface area (TPSA) is 32.3 Å². The molecule has 1 N–H and O–H groups in total. The van der Waals surface area contributed by atoms with Gasteiger partial charge in [0.15, 0.2) is 0 Å². The van der Waals surface area contributed by atoms with Crippen LogP contribution in [-0.4, -0.2) is 30.4 Å². The minimum absolute atomic E-state index is 0.256. The van der Waals surface area contributed by atoms with Crippen LogP contribution >= 0.6 is 0 Å². The first-order chi connectivity index (χ1) is 10.7. The van der Waals surface area contributed by atoms with E-state index < -0.39 is 0 Å². The standard InChI is InChI=1S/C19H28N2O/c1-15-6-8-16(9-7-15)18(14-20-19(22)17-10-11-17)21-12-4-2-3-5-13-21/h6-9,17-18H,2-5,10-14H2,1H3,(H,20,22). The molecule has 0 aromatic heterocycles. The molecule has 1 saturated heterocycles. The normalized spacial score (nSPS) is 21.1. The van der Waals surface area contributed by atoms with Crippen LogP contribution in [0.1, 0.15) is 55.7 Å². The van der Waals surface area contributed by atoms with Crippen molar-refractivity contribution < 1.29 is 4.79 Å². The highest BCUT2D eigenvalue weighted by Gasteiger charge is 2.30. The van der Waals surface area contributed by atoms with E-state index in [4.69, 9.17) is 0 Å². The van der Waals surface area contributed by atoms with Crippen molar-refractivity contribution in [3.05, 3.63) is 35.4 Å². The van der Waals surface area contributed by atoms with Crippen LogP contribution in [0.25, 0.3) is 0 Å². The lowest BCUT2D eigenvalue weighted by Crippen LogP contribution is -2.39. The molecule has 3 heteroatoms. The predicted octanol–water partition coefficient (Wildman–Crippen LogP) is 3.44. The molecule has 3 rings (SSSR count). The summed E-state index contributed by atoms with van der Waals surface area (Å²) >= 11 is 0. The molecular weight excluding hydrogens is 272 g/mol. The quantitative estimate of drug-likeness (QED) is 0.903. The lowest BCUT2D eigenvalue weighted by Gasteiger charge is -2.31. The lowest BCUT2D eigenvalue weighted by molar-refractivity contribution is -0.122. The number of aryl methyl sites for hydroxylation is 1. The minimum Gasteiger partial charge on any atom is -0.354 e. The number of hydrogen-bond donors (Lipinski definition) is 1. The highest BCUT2D eigenvalue weighted by Crippen LogP contribution is 2.29. The Hall–Kier alpha value is -1.35. The zero-order chi connectivity index (χ0) is 15.4. The molecule has 1 amide bonds. The molecule has 1 aliphatic heterocycles. The number of carbonyl (C=O) groups excluding carboxylic acids is 1. The fraction of sp³-hybridized carbons (Fsp3) is 0.632. The first-order valence-electron chi connectivity index (χ1n) is 8.82. The van der Waals surface area contributed by atoms with Crippen LogP contribution in [0.2, 0.25) is 0 Å². The van der Waals surface area contributed by atoms with Crippen molar-refractivity contribution in [2.75, 3.05) is 19.6 Å². The first kappa shape index (κ1) is 15.5. The van der Waals surface area contributed by atoms with Gasteiger partial charge in [-0.05, 0) is 51.3 Å². The average molecular weight is 300 g/mol. The maximum atomic E-state index is 12.0. The number of benzene rings is 1. The van der Waals surface area contributed by atoms with Gasteiger partial charge in [-0.15, -0.1) is 0 Å². The summed E-state index contributed by atoms with van der Waals surface area (Å²) in [6, 6.07) is 9.15. The number of amides is 1. The largest absolute Gasteiger partial charge is 0.354 e. The fourth-order valence-corrected chi connectivity index (χ4v) is 3.34. The van der Waals surface area contributed by atoms with Crippen molar-refractivity contribution >= 4 is 5.91 Å². The van der Waals surface area contributed by atoms with Crippen molar-refractivity contribution in [1.29, 1.82) is 0 Å². The van der Waals surface area contributed by atoms with Gasteiger partial charge in [0.1, 0.15) is 0 Å². The molecule has 1 atom stereocenters. The minimum atomic E-state index is 0.256. The van der Waals surface area contributed by atoms with E-state index in [2.05, 4.69) is 41.4 Å². The summed E-state index contributed by atoms with van der Waals surface area (Å²) in [6.45, 7) is 5.17. The van der Waals surface area contributed by atoms with Crippen LogP contribution in [0, 0.1) is 12.8 Å². The van der Waals surface area contributed by atoms with E-state index in [1.54, 1.807) is 0 Å². The van der Waals surface area contributed by atoms with Gasteiger partial charge in [-0.2, -0.15) is 0 Å². The fourth-order valence-electron chi connectivity index (χ4n) is 3.34. The predicted molar refractivity (Wildman–Crippen MR) is 89.7 cm³/mol. The Balaban J connectivity index is 1.70. The SMILES string of the molecule is Cc1ccc(C(CNC(=O)C2CC2)N2CCCCCC2)cc1. The van der Waals surface area contributed by atoms with Gasteiger partial charge in [0.2, 0.25) is 5.91 Å². The molecule has 22 heavy (non-hydrogen) atoms. The Labute approximate surface area is 134 Å². The lowest BCUT2D eigenvalue weighted by atomic mass is 10.0. The third-order valence-corrected chi connectivity index (χ3v) is 4.96. The second-order valence-corrected chi connectivity index (χ2v) is 6.90. The van der Waals surface area contributed by atoms with Crippen LogP contribution in [-0.2, 0) is 4.79 Å². The molecule has 1 unspecified atom stereocenters. The molecule has 1 aliphatic carbocycles. The number of hydrogen-bond acceptors (Lipinski definition) is 2. The summed E-state index contributed by atoms with van der Waals surface area (Å²) in [5, 5.41) is 3.19. The zero-order valence-electron chi connectivity index (χ0n) is 13.7. The number of nitrogens with zero attached hydrogens (tertiary/aromatic N) is 1. The monoisotopic (exact) mass is 300 g/mol. The zero-order valence-corrected chi connectivity index (χ0v) is 13.7. The Morgan fingerprint density at radius 2 is 1.77 bits per heavy atom. The molecule has 1 aromatic carbocycles. The summed E-state index contributed by atoms with van der Waals surface area (Å²) in [5.41, 5.74) is 2.63. The van der Waals surface area contributed by atoms with Gasteiger partial charge in [0.05, 0.1) is 6.04 Å². The summed E-state index contributed by atoms with van der Waals surface area (Å²) < 4.78 is 0. The van der Waals surface area contributed by atoms with E-state index in [9.17, 15) is 4.79 Å². The van der Waals surface area contributed by atoms with E-state index >= 15 is 0 Å². The van der Waals surface area contributed by atoms with Crippen LogP contribution in [0.5, 0.6) is 0 Å². The Bertz CT molecular complexity index is 485. The van der Waals surface area contributed by atoms with Gasteiger partial charge in [0, 0.05) is 12.5 Å². The molecule has 120 valence electrons. The van der Waals surface area contributed by atoms with Gasteiger partial charge < -0.3 is 5.32 Å². The van der Waals surface area contributed by atoms with E-state index in [1.807, 2.05) is 0 Å². The summed E-state index contributed by atoms with van der Waals surface area (Å²) in [7, 11) is 0. The Kier molecular flexibility index (Phi) is 5.14. The third-order valence-electron chi connectivity index (χ3n) is 4.96. The maximum absolute atomic E-state index is 12.0. The molecule has 3 nitrogen and oxygen atoms in total. The Morgan fingerprint density at radius 1 is 1.14 bits per heavy atom. The van der Waals surface area contributed by atoms with Crippen molar-refractivity contribution in [1.82, 2.24) is 10.2 Å². The molecular formula is C19H28N2O. The van der Waals surface area contributed by atoms with Crippen LogP contribution < -0.4 is 5.32 Å². The van der Waals surface area contributed by atoms with Gasteiger partial charge in [-0.25, -0.2) is 0 Å². The molecule has 0 spiro atoms. The van der Waals surface area contributed by atoms with E-state index in [1.165, 1.54) is 36.8 Å². The van der Waals surface area contributed by atoms with Crippen LogP contribution in [0.15, 0.2) is 24.3 Å². The van der Waals surface area contributed by atoms with Gasteiger partial charge >= 0.3 is 0 Å². The molecule has 1 aromatic rings. The molecule has 2 fully saturated rings. The van der Waals surface area contributed by atoms with Crippen LogP contribution in [0.4, 0.5) is 0 Å². The van der Waals surface area contributed by atoms with Crippen molar-refractivity contribution in [3.63, 3.8) is 0 Å². The molecule has 0 radical (unpaired) electrons. The smallest absolute Gasteiger partial charge is 0.223 e. The van der Waals surface area contributed by atoms with E-state index in [0.29, 0.717) is 12.0 Å². The number of rotatable bonds is 5. The third kappa shape index (κ3) is 4.10. The molecule has 1 heterocycles. The second kappa shape index (κ2) is 7.28. The summed E-state index contributed by atoms with van der Waals surface area (Å²) in [5.74, 6) is 0.551. The Morgan fingerprint density at radius 3 is 2.36 bits per heavy atom. The molecule has 0 bridgehead atoms. The maximum Gasteiger partial charge on any atom is 0.223 e. The number of carbonyl (C=O) groups is 1. The van der Waals surface area contributed by atoms with Gasteiger partial charge in [0.25, 0.3) is 0 Å². The second-order valence-electron chi connectivity index (χ2n) is 6.90. The highest BCUT2D eigenvalue weighted by atomic mass is 16.2. The van der Waals surface area contributed by atoms with Crippen LogP contribution in [0.3, 0.4) is 0 Å². The van der Waals surface area contributed by atoms with Crippen molar-refractivity contribution in [2.45, 2.75) is 51.5 Å². The molecule has 1 saturated carbocycles. The summed E-state index contributed by atoms with van der Waals surface area (Å²) in [4.78, 5) is 14.6. The van der Waals surface area contributed by atoms with E-state index in [0.717, 1.165) is 32.5 Å². The average Bonchev–Trinajstić information content (AvgIpc) is 3.36. The van der Waals surface area contributed by atoms with E-state index in [-0.39, 0.29) is 5.91 Å². The molecule has 2 aliphatic rings. The number of nitrogens with one attached hydrogen (secondary N) is 1. The van der Waals surface area contributed by atoms with Crippen molar-refractivity contribution in [3.8, 4) is 0 Å².